The Balaban J connectivity index is 1.65. The molecule has 130 valence electrons. The van der Waals surface area contributed by atoms with Crippen molar-refractivity contribution in [3.05, 3.63) is 63.0 Å². The highest BCUT2D eigenvalue weighted by molar-refractivity contribution is 8.27. The fraction of sp³-hybridized carbons (Fsp3) is 0.0588. The van der Waals surface area contributed by atoms with E-state index in [1.54, 1.807) is 36.4 Å². The second-order valence-corrected chi connectivity index (χ2v) is 7.08. The van der Waals surface area contributed by atoms with Gasteiger partial charge in [0.2, 0.25) is 6.79 Å². The summed E-state index contributed by atoms with van der Waals surface area (Å²) in [6.07, 6.45) is 1.60. The number of fused-ring (bicyclic) bond motifs is 1. The number of nitro groups is 1. The number of thioether (sulfide) groups is 1. The highest BCUT2D eigenvalue weighted by atomic mass is 32.2. The molecule has 2 aromatic carbocycles. The minimum Gasteiger partial charge on any atom is -0.454 e. The minimum atomic E-state index is -0.477. The molecule has 0 saturated carbocycles. The van der Waals surface area contributed by atoms with Gasteiger partial charge in [0.25, 0.3) is 11.6 Å². The Morgan fingerprint density at radius 3 is 2.81 bits per heavy atom. The predicted molar refractivity (Wildman–Crippen MR) is 101 cm³/mol. The molecule has 0 N–H and O–H groups in total. The molecule has 0 unspecified atom stereocenters. The maximum absolute atomic E-state index is 12.8. The fourth-order valence-corrected chi connectivity index (χ4v) is 3.89. The summed E-state index contributed by atoms with van der Waals surface area (Å²) in [6, 6.07) is 11.2. The summed E-state index contributed by atoms with van der Waals surface area (Å²) in [5, 5.41) is 10.9. The zero-order chi connectivity index (χ0) is 18.3. The monoisotopic (exact) mass is 386 g/mol. The average Bonchev–Trinajstić information content (AvgIpc) is 3.19. The van der Waals surface area contributed by atoms with Gasteiger partial charge >= 0.3 is 0 Å². The third-order valence-corrected chi connectivity index (χ3v) is 5.09. The lowest BCUT2D eigenvalue weighted by atomic mass is 10.2. The maximum atomic E-state index is 12.8. The Hall–Kier alpha value is -2.91. The molecule has 0 radical (unpaired) electrons. The van der Waals surface area contributed by atoms with Gasteiger partial charge in [0, 0.05) is 18.2 Å². The summed E-state index contributed by atoms with van der Waals surface area (Å²) in [4.78, 5) is 25.0. The fourth-order valence-electron chi connectivity index (χ4n) is 2.59. The number of carbonyl (C=O) groups is 1. The van der Waals surface area contributed by atoms with Crippen molar-refractivity contribution < 1.29 is 19.2 Å². The van der Waals surface area contributed by atoms with Crippen LogP contribution < -0.4 is 14.4 Å². The summed E-state index contributed by atoms with van der Waals surface area (Å²) >= 11 is 6.48. The third-order valence-electron chi connectivity index (χ3n) is 3.79. The molecule has 0 bridgehead atoms. The molecule has 2 aliphatic rings. The number of anilines is 1. The van der Waals surface area contributed by atoms with Crippen molar-refractivity contribution in [3.8, 4) is 11.5 Å². The largest absolute Gasteiger partial charge is 0.454 e. The lowest BCUT2D eigenvalue weighted by molar-refractivity contribution is -0.384. The third kappa shape index (κ3) is 2.91. The molecule has 2 heterocycles. The van der Waals surface area contributed by atoms with E-state index in [1.807, 2.05) is 0 Å². The zero-order valence-corrected chi connectivity index (χ0v) is 14.7. The van der Waals surface area contributed by atoms with Crippen molar-refractivity contribution in [1.82, 2.24) is 0 Å². The van der Waals surface area contributed by atoms with E-state index in [4.69, 9.17) is 21.7 Å². The molecule has 0 spiro atoms. The van der Waals surface area contributed by atoms with Crippen LogP contribution >= 0.6 is 24.0 Å². The number of ether oxygens (including phenoxy) is 2. The van der Waals surface area contributed by atoms with E-state index in [9.17, 15) is 14.9 Å². The highest BCUT2D eigenvalue weighted by Gasteiger charge is 2.34. The highest BCUT2D eigenvalue weighted by Crippen LogP contribution is 2.40. The number of hydrogen-bond donors (Lipinski definition) is 0. The second kappa shape index (κ2) is 6.43. The quantitative estimate of drug-likeness (QED) is 0.344. The summed E-state index contributed by atoms with van der Waals surface area (Å²) in [7, 11) is 0. The van der Waals surface area contributed by atoms with Crippen LogP contribution in [-0.4, -0.2) is 21.9 Å². The Morgan fingerprint density at radius 1 is 1.19 bits per heavy atom. The van der Waals surface area contributed by atoms with E-state index in [0.717, 1.165) is 11.8 Å². The SMILES string of the molecule is O=C1/C(=C\c2cccc([N+](=O)[O-])c2)SC(=S)N1c1ccc2c(c1)OCO2. The molecular weight excluding hydrogens is 376 g/mol. The van der Waals surface area contributed by atoms with Crippen LogP contribution in [-0.2, 0) is 4.79 Å². The van der Waals surface area contributed by atoms with Crippen molar-refractivity contribution in [3.63, 3.8) is 0 Å². The lowest BCUT2D eigenvalue weighted by Crippen LogP contribution is -2.27. The van der Waals surface area contributed by atoms with Gasteiger partial charge in [-0.25, -0.2) is 0 Å². The van der Waals surface area contributed by atoms with E-state index in [0.29, 0.717) is 32.0 Å². The van der Waals surface area contributed by atoms with Crippen LogP contribution in [0.25, 0.3) is 6.08 Å². The Bertz CT molecular complexity index is 989. The van der Waals surface area contributed by atoms with E-state index in [-0.39, 0.29) is 18.4 Å². The van der Waals surface area contributed by atoms with Crippen LogP contribution in [0.3, 0.4) is 0 Å². The van der Waals surface area contributed by atoms with Crippen LogP contribution in [0, 0.1) is 10.1 Å². The van der Waals surface area contributed by atoms with Crippen molar-refractivity contribution in [1.29, 1.82) is 0 Å². The summed E-state index contributed by atoms with van der Waals surface area (Å²) < 4.78 is 11.0. The van der Waals surface area contributed by atoms with E-state index < -0.39 is 4.92 Å². The predicted octanol–water partition coefficient (Wildman–Crippen LogP) is 3.73. The Morgan fingerprint density at radius 2 is 2.00 bits per heavy atom. The first-order valence-corrected chi connectivity index (χ1v) is 8.67. The maximum Gasteiger partial charge on any atom is 0.270 e. The van der Waals surface area contributed by atoms with Gasteiger partial charge in [0.15, 0.2) is 15.8 Å². The van der Waals surface area contributed by atoms with Crippen LogP contribution in [0.5, 0.6) is 11.5 Å². The Kier molecular flexibility index (Phi) is 4.09. The zero-order valence-electron chi connectivity index (χ0n) is 13.1. The minimum absolute atomic E-state index is 0.0370. The van der Waals surface area contributed by atoms with E-state index >= 15 is 0 Å². The molecule has 7 nitrogen and oxygen atoms in total. The first kappa shape index (κ1) is 16.6. The van der Waals surface area contributed by atoms with E-state index in [2.05, 4.69) is 0 Å². The van der Waals surface area contributed by atoms with Gasteiger partial charge in [-0.15, -0.1) is 0 Å². The van der Waals surface area contributed by atoms with Gasteiger partial charge in [-0.3, -0.25) is 19.8 Å². The molecule has 1 saturated heterocycles. The number of hydrogen-bond acceptors (Lipinski definition) is 7. The molecule has 0 aliphatic carbocycles. The van der Waals surface area contributed by atoms with Crippen LogP contribution in [0.15, 0.2) is 47.4 Å². The molecule has 9 heteroatoms. The lowest BCUT2D eigenvalue weighted by Gasteiger charge is -2.14. The summed E-state index contributed by atoms with van der Waals surface area (Å²) in [6.45, 7) is 0.143. The standard InChI is InChI=1S/C17H10N2O5S2/c20-16-15(7-10-2-1-3-12(6-10)19(21)22)26-17(25)18(16)11-4-5-13-14(8-11)24-9-23-13/h1-8H,9H2/b15-7+. The summed E-state index contributed by atoms with van der Waals surface area (Å²) in [5.74, 6) is 0.885. The van der Waals surface area contributed by atoms with Crippen LogP contribution in [0.1, 0.15) is 5.56 Å². The van der Waals surface area contributed by atoms with Crippen molar-refractivity contribution >= 4 is 51.7 Å². The molecule has 26 heavy (non-hydrogen) atoms. The van der Waals surface area contributed by atoms with Crippen LogP contribution in [0.4, 0.5) is 11.4 Å². The molecule has 2 aromatic rings. The second-order valence-electron chi connectivity index (χ2n) is 5.41. The average molecular weight is 386 g/mol. The van der Waals surface area contributed by atoms with Gasteiger partial charge in [-0.1, -0.05) is 36.1 Å². The number of thiocarbonyl (C=S) groups is 1. The first-order valence-electron chi connectivity index (χ1n) is 7.45. The van der Waals surface area contributed by atoms with E-state index in [1.165, 1.54) is 17.0 Å². The number of amides is 1. The number of nitro benzene ring substituents is 1. The van der Waals surface area contributed by atoms with Gasteiger partial charge in [-0.05, 0) is 23.8 Å². The molecular formula is C17H10N2O5S2. The number of carbonyl (C=O) groups excluding carboxylic acids is 1. The van der Waals surface area contributed by atoms with Crippen molar-refractivity contribution in [2.45, 2.75) is 0 Å². The molecule has 1 fully saturated rings. The normalized spacial score (nSPS) is 17.2. The number of benzene rings is 2. The number of non-ortho nitro benzene ring substituents is 1. The molecule has 0 atom stereocenters. The topological polar surface area (TPSA) is 81.9 Å². The van der Waals surface area contributed by atoms with Crippen molar-refractivity contribution in [2.75, 3.05) is 11.7 Å². The number of nitrogens with zero attached hydrogens (tertiary/aromatic N) is 2. The molecule has 0 aromatic heterocycles. The van der Waals surface area contributed by atoms with Gasteiger partial charge < -0.3 is 9.47 Å². The molecule has 1 amide bonds. The van der Waals surface area contributed by atoms with Gasteiger partial charge in [0.05, 0.1) is 15.5 Å². The van der Waals surface area contributed by atoms with Gasteiger partial charge in [0.1, 0.15) is 0 Å². The number of rotatable bonds is 3. The van der Waals surface area contributed by atoms with Crippen LogP contribution in [0.2, 0.25) is 0 Å². The molecule has 4 rings (SSSR count). The van der Waals surface area contributed by atoms with Gasteiger partial charge in [-0.2, -0.15) is 0 Å². The van der Waals surface area contributed by atoms with Crippen molar-refractivity contribution in [2.24, 2.45) is 0 Å². The Labute approximate surface area is 157 Å². The molecule has 2 aliphatic heterocycles. The summed E-state index contributed by atoms with van der Waals surface area (Å²) in [5.41, 5.74) is 1.11. The smallest absolute Gasteiger partial charge is 0.270 e. The first-order chi connectivity index (χ1) is 12.5.